The van der Waals surface area contributed by atoms with Crippen LogP contribution in [0.15, 0.2) is 47.4 Å². The molecule has 0 unspecified atom stereocenters. The normalized spacial score (nSPS) is 10.9. The van der Waals surface area contributed by atoms with Crippen LogP contribution in [0.5, 0.6) is 0 Å². The van der Waals surface area contributed by atoms with Gasteiger partial charge in [-0.2, -0.15) is 0 Å². The van der Waals surface area contributed by atoms with E-state index in [1.54, 1.807) is 11.6 Å². The van der Waals surface area contributed by atoms with Crippen LogP contribution < -0.4 is 10.7 Å². The minimum atomic E-state index is -0.503. The van der Waals surface area contributed by atoms with Gasteiger partial charge in [-0.3, -0.25) is 9.59 Å². The van der Waals surface area contributed by atoms with Crippen molar-refractivity contribution in [3.8, 4) is 0 Å². The third-order valence-corrected chi connectivity index (χ3v) is 4.63. The molecule has 5 heteroatoms. The second kappa shape index (κ2) is 7.12. The molecule has 3 rings (SSSR count). The summed E-state index contributed by atoms with van der Waals surface area (Å²) in [6.07, 6.45) is 3.03. The molecule has 3 aromatic rings. The first-order valence-electron chi connectivity index (χ1n) is 8.67. The fraction of sp³-hybridized carbons (Fsp3) is 0.238. The van der Waals surface area contributed by atoms with Crippen molar-refractivity contribution in [1.29, 1.82) is 0 Å². The Balaban J connectivity index is 2.10. The maximum absolute atomic E-state index is 13.6. The van der Waals surface area contributed by atoms with E-state index in [0.717, 1.165) is 29.7 Å². The zero-order valence-electron chi connectivity index (χ0n) is 15.1. The molecule has 0 fully saturated rings. The highest BCUT2D eigenvalue weighted by Gasteiger charge is 2.17. The molecule has 0 aliphatic rings. The number of hydrogen-bond acceptors (Lipinski definition) is 2. The highest BCUT2D eigenvalue weighted by atomic mass is 19.1. The number of nitrogens with zero attached hydrogens (tertiary/aromatic N) is 1. The maximum atomic E-state index is 13.6. The quantitative estimate of drug-likeness (QED) is 0.770. The Morgan fingerprint density at radius 1 is 1.12 bits per heavy atom. The standard InChI is InChI=1S/C21H21FN2O2/c1-4-13-7-6-8-14(5-2)19(13)23-21(26)17-12-24(3)18-10-9-15(22)11-16(18)20(17)25/h6-12H,4-5H2,1-3H3,(H,23,26). The van der Waals surface area contributed by atoms with Crippen LogP contribution in [0.3, 0.4) is 0 Å². The summed E-state index contributed by atoms with van der Waals surface area (Å²) in [5.74, 6) is -0.982. The van der Waals surface area contributed by atoms with E-state index < -0.39 is 17.2 Å². The maximum Gasteiger partial charge on any atom is 0.261 e. The zero-order chi connectivity index (χ0) is 18.8. The highest BCUT2D eigenvalue weighted by Crippen LogP contribution is 2.23. The van der Waals surface area contributed by atoms with Gasteiger partial charge in [0.25, 0.3) is 5.91 Å². The van der Waals surface area contributed by atoms with Gasteiger partial charge in [-0.15, -0.1) is 0 Å². The minimum absolute atomic E-state index is 0.00133. The van der Waals surface area contributed by atoms with Crippen molar-refractivity contribution in [1.82, 2.24) is 4.57 Å². The van der Waals surface area contributed by atoms with Crippen molar-refractivity contribution in [3.63, 3.8) is 0 Å². The van der Waals surface area contributed by atoms with Gasteiger partial charge in [-0.1, -0.05) is 32.0 Å². The minimum Gasteiger partial charge on any atom is -0.350 e. The van der Waals surface area contributed by atoms with Crippen LogP contribution in [0, 0.1) is 5.82 Å². The molecule has 26 heavy (non-hydrogen) atoms. The molecule has 0 atom stereocenters. The van der Waals surface area contributed by atoms with Crippen LogP contribution in [0.4, 0.5) is 10.1 Å². The van der Waals surface area contributed by atoms with Gasteiger partial charge < -0.3 is 9.88 Å². The van der Waals surface area contributed by atoms with Gasteiger partial charge in [-0.05, 0) is 42.2 Å². The molecule has 0 spiro atoms. The second-order valence-electron chi connectivity index (χ2n) is 6.26. The number of para-hydroxylation sites is 1. The Morgan fingerprint density at radius 2 is 1.77 bits per heavy atom. The Kier molecular flexibility index (Phi) is 4.89. The van der Waals surface area contributed by atoms with E-state index in [2.05, 4.69) is 5.32 Å². The third kappa shape index (κ3) is 3.12. The molecule has 0 aliphatic heterocycles. The lowest BCUT2D eigenvalue weighted by atomic mass is 10.0. The largest absolute Gasteiger partial charge is 0.350 e. The number of benzene rings is 2. The number of pyridine rings is 1. The number of anilines is 1. The zero-order valence-corrected chi connectivity index (χ0v) is 15.1. The first-order chi connectivity index (χ1) is 12.5. The van der Waals surface area contributed by atoms with Crippen LogP contribution in [0.25, 0.3) is 10.9 Å². The predicted octanol–water partition coefficient (Wildman–Crippen LogP) is 4.05. The number of hydrogen-bond donors (Lipinski definition) is 1. The Labute approximate surface area is 151 Å². The average molecular weight is 352 g/mol. The lowest BCUT2D eigenvalue weighted by molar-refractivity contribution is 0.102. The molecular formula is C21H21FN2O2. The average Bonchev–Trinajstić information content (AvgIpc) is 2.64. The molecule has 1 amide bonds. The van der Waals surface area contributed by atoms with Crippen LogP contribution in [-0.4, -0.2) is 10.5 Å². The van der Waals surface area contributed by atoms with Gasteiger partial charge in [0.15, 0.2) is 0 Å². The molecule has 1 heterocycles. The Hall–Kier alpha value is -2.95. The van der Waals surface area contributed by atoms with Gasteiger partial charge in [0.1, 0.15) is 11.4 Å². The molecule has 0 bridgehead atoms. The molecule has 0 aliphatic carbocycles. The van der Waals surface area contributed by atoms with Crippen LogP contribution >= 0.6 is 0 Å². The van der Waals surface area contributed by atoms with E-state index in [-0.39, 0.29) is 10.9 Å². The fourth-order valence-electron chi connectivity index (χ4n) is 3.21. The number of amides is 1. The number of aromatic nitrogens is 1. The van der Waals surface area contributed by atoms with Crippen LogP contribution in [0.2, 0.25) is 0 Å². The summed E-state index contributed by atoms with van der Waals surface area (Å²) in [5.41, 5.74) is 2.89. The summed E-state index contributed by atoms with van der Waals surface area (Å²) in [6.45, 7) is 4.03. The van der Waals surface area contributed by atoms with Crippen molar-refractivity contribution in [2.24, 2.45) is 7.05 Å². The lowest BCUT2D eigenvalue weighted by Crippen LogP contribution is -2.24. The number of carbonyl (C=O) groups is 1. The number of fused-ring (bicyclic) bond motifs is 1. The van der Waals surface area contributed by atoms with Crippen molar-refractivity contribution in [2.45, 2.75) is 26.7 Å². The van der Waals surface area contributed by atoms with E-state index in [0.29, 0.717) is 5.52 Å². The van der Waals surface area contributed by atoms with Gasteiger partial charge in [0.05, 0.1) is 5.52 Å². The molecule has 0 radical (unpaired) electrons. The van der Waals surface area contributed by atoms with Crippen LogP contribution in [-0.2, 0) is 19.9 Å². The number of nitrogens with one attached hydrogen (secondary N) is 1. The lowest BCUT2D eigenvalue weighted by Gasteiger charge is -2.15. The van der Waals surface area contributed by atoms with E-state index >= 15 is 0 Å². The van der Waals surface area contributed by atoms with E-state index in [1.807, 2.05) is 32.0 Å². The van der Waals surface area contributed by atoms with Crippen molar-refractivity contribution in [2.75, 3.05) is 5.32 Å². The Bertz CT molecular complexity index is 1030. The van der Waals surface area contributed by atoms with Gasteiger partial charge >= 0.3 is 0 Å². The Morgan fingerprint density at radius 3 is 2.38 bits per heavy atom. The van der Waals surface area contributed by atoms with Crippen molar-refractivity contribution in [3.05, 3.63) is 75.3 Å². The molecule has 0 saturated carbocycles. The number of halogens is 1. The molecule has 134 valence electrons. The molecule has 1 N–H and O–H groups in total. The first kappa shape index (κ1) is 17.9. The number of rotatable bonds is 4. The summed E-state index contributed by atoms with van der Waals surface area (Å²) in [7, 11) is 1.73. The van der Waals surface area contributed by atoms with Gasteiger partial charge in [-0.25, -0.2) is 4.39 Å². The van der Waals surface area contributed by atoms with Gasteiger partial charge in [0.2, 0.25) is 5.43 Å². The topological polar surface area (TPSA) is 51.1 Å². The van der Waals surface area contributed by atoms with Crippen molar-refractivity contribution >= 4 is 22.5 Å². The van der Waals surface area contributed by atoms with Crippen LogP contribution in [0.1, 0.15) is 35.3 Å². The number of carbonyl (C=O) groups excluding carboxylic acids is 1. The van der Waals surface area contributed by atoms with E-state index in [4.69, 9.17) is 0 Å². The smallest absolute Gasteiger partial charge is 0.261 e. The van der Waals surface area contributed by atoms with Gasteiger partial charge in [0, 0.05) is 24.3 Å². The van der Waals surface area contributed by atoms with E-state index in [9.17, 15) is 14.0 Å². The highest BCUT2D eigenvalue weighted by molar-refractivity contribution is 6.06. The predicted molar refractivity (Wildman–Crippen MR) is 102 cm³/mol. The molecular weight excluding hydrogens is 331 g/mol. The monoisotopic (exact) mass is 352 g/mol. The summed E-state index contributed by atoms with van der Waals surface area (Å²) >= 11 is 0. The molecule has 0 saturated heterocycles. The molecule has 1 aromatic heterocycles. The number of aryl methyl sites for hydroxylation is 3. The summed E-state index contributed by atoms with van der Waals surface area (Å²) in [5, 5.41) is 3.09. The van der Waals surface area contributed by atoms with Crippen molar-refractivity contribution < 1.29 is 9.18 Å². The fourth-order valence-corrected chi connectivity index (χ4v) is 3.21. The summed E-state index contributed by atoms with van der Waals surface area (Å²) < 4.78 is 15.2. The molecule has 4 nitrogen and oxygen atoms in total. The van der Waals surface area contributed by atoms with E-state index in [1.165, 1.54) is 24.4 Å². The molecule has 2 aromatic carbocycles. The summed E-state index contributed by atoms with van der Waals surface area (Å²) in [4.78, 5) is 25.6. The summed E-state index contributed by atoms with van der Waals surface area (Å²) in [6, 6.07) is 9.89. The second-order valence-corrected chi connectivity index (χ2v) is 6.26. The first-order valence-corrected chi connectivity index (χ1v) is 8.67. The third-order valence-electron chi connectivity index (χ3n) is 4.63. The SMILES string of the molecule is CCc1cccc(CC)c1NC(=O)c1cn(C)c2ccc(F)cc2c1=O.